The van der Waals surface area contributed by atoms with E-state index in [1.165, 1.54) is 12.1 Å². The van der Waals surface area contributed by atoms with E-state index in [0.717, 1.165) is 10.4 Å². The van der Waals surface area contributed by atoms with Gasteiger partial charge in [-0.1, -0.05) is 24.3 Å². The second-order valence-corrected chi connectivity index (χ2v) is 6.84. The molecule has 0 saturated carbocycles. The first-order valence-electron chi connectivity index (χ1n) is 8.12. The topological polar surface area (TPSA) is 41.6 Å². The molecule has 3 rings (SSSR count). The third-order valence-electron chi connectivity index (χ3n) is 3.72. The molecule has 0 spiro atoms. The smallest absolute Gasteiger partial charge is 0.321 e. The van der Waals surface area contributed by atoms with Crippen LogP contribution in [0.3, 0.4) is 0 Å². The zero-order chi connectivity index (χ0) is 18.4. The van der Waals surface area contributed by atoms with Crippen molar-refractivity contribution in [2.75, 3.05) is 12.4 Å². The summed E-state index contributed by atoms with van der Waals surface area (Å²) >= 11 is 1.62. The van der Waals surface area contributed by atoms with Crippen LogP contribution in [0.4, 0.5) is 14.9 Å². The molecule has 0 aliphatic carbocycles. The Morgan fingerprint density at radius 2 is 1.96 bits per heavy atom. The monoisotopic (exact) mass is 370 g/mol. The van der Waals surface area contributed by atoms with Gasteiger partial charge in [0, 0.05) is 23.7 Å². The predicted molar refractivity (Wildman–Crippen MR) is 102 cm³/mol. The number of amides is 2. The van der Waals surface area contributed by atoms with Crippen LogP contribution >= 0.6 is 11.3 Å². The highest BCUT2D eigenvalue weighted by molar-refractivity contribution is 7.09. The Bertz CT molecular complexity index is 851. The first kappa shape index (κ1) is 17.9. The van der Waals surface area contributed by atoms with E-state index < -0.39 is 0 Å². The van der Waals surface area contributed by atoms with Crippen LogP contribution in [0.15, 0.2) is 66.0 Å². The molecule has 6 heteroatoms. The first-order chi connectivity index (χ1) is 12.6. The maximum Gasteiger partial charge on any atom is 0.321 e. The lowest BCUT2D eigenvalue weighted by Crippen LogP contribution is -2.30. The number of nitrogens with one attached hydrogen (secondary N) is 1. The average molecular weight is 370 g/mol. The summed E-state index contributed by atoms with van der Waals surface area (Å²) in [5.74, 6) is 0.359. The minimum Gasteiger partial charge on any atom is -0.489 e. The molecule has 26 heavy (non-hydrogen) atoms. The van der Waals surface area contributed by atoms with Crippen molar-refractivity contribution in [2.24, 2.45) is 0 Å². The molecule has 0 unspecified atom stereocenters. The number of hydrogen-bond acceptors (Lipinski definition) is 3. The van der Waals surface area contributed by atoms with Gasteiger partial charge in [0.15, 0.2) is 0 Å². The van der Waals surface area contributed by atoms with Gasteiger partial charge in [0.25, 0.3) is 0 Å². The van der Waals surface area contributed by atoms with Gasteiger partial charge in [-0.25, -0.2) is 9.18 Å². The van der Waals surface area contributed by atoms with E-state index >= 15 is 0 Å². The van der Waals surface area contributed by atoms with E-state index in [1.807, 2.05) is 35.7 Å². The van der Waals surface area contributed by atoms with Crippen molar-refractivity contribution in [1.82, 2.24) is 4.90 Å². The summed E-state index contributed by atoms with van der Waals surface area (Å²) in [5, 5.41) is 4.85. The van der Waals surface area contributed by atoms with Crippen LogP contribution in [0.5, 0.6) is 5.75 Å². The zero-order valence-corrected chi connectivity index (χ0v) is 15.1. The maximum atomic E-state index is 12.9. The molecule has 1 N–H and O–H groups in total. The van der Waals surface area contributed by atoms with Crippen LogP contribution in [0, 0.1) is 5.82 Å². The van der Waals surface area contributed by atoms with E-state index in [1.54, 1.807) is 41.5 Å². The quantitative estimate of drug-likeness (QED) is 0.653. The highest BCUT2D eigenvalue weighted by atomic mass is 32.1. The highest BCUT2D eigenvalue weighted by Gasteiger charge is 2.10. The number of halogens is 1. The van der Waals surface area contributed by atoms with Crippen LogP contribution in [-0.4, -0.2) is 18.0 Å². The minimum absolute atomic E-state index is 0.186. The normalized spacial score (nSPS) is 10.4. The molecular weight excluding hydrogens is 351 g/mol. The fraction of sp³-hybridized carbons (Fsp3) is 0.150. The van der Waals surface area contributed by atoms with Crippen molar-refractivity contribution in [3.8, 4) is 5.75 Å². The summed E-state index contributed by atoms with van der Waals surface area (Å²) in [6, 6.07) is 17.1. The molecule has 0 fully saturated rings. The fourth-order valence-corrected chi connectivity index (χ4v) is 3.10. The van der Waals surface area contributed by atoms with Crippen molar-refractivity contribution in [2.45, 2.75) is 13.2 Å². The van der Waals surface area contributed by atoms with E-state index in [9.17, 15) is 9.18 Å². The van der Waals surface area contributed by atoms with Gasteiger partial charge < -0.3 is 15.0 Å². The second kappa shape index (κ2) is 8.49. The van der Waals surface area contributed by atoms with Gasteiger partial charge in [0.2, 0.25) is 0 Å². The Kier molecular flexibility index (Phi) is 5.86. The van der Waals surface area contributed by atoms with Crippen molar-refractivity contribution in [3.63, 3.8) is 0 Å². The van der Waals surface area contributed by atoms with E-state index in [0.29, 0.717) is 24.6 Å². The number of nitrogens with zero attached hydrogens (tertiary/aromatic N) is 1. The van der Waals surface area contributed by atoms with E-state index in [4.69, 9.17) is 4.74 Å². The number of hydrogen-bond donors (Lipinski definition) is 1. The lowest BCUT2D eigenvalue weighted by Gasteiger charge is -2.17. The first-order valence-corrected chi connectivity index (χ1v) is 9.00. The molecule has 1 aromatic heterocycles. The molecule has 4 nitrogen and oxygen atoms in total. The Labute approximate surface area is 155 Å². The Hall–Kier alpha value is -2.86. The van der Waals surface area contributed by atoms with Gasteiger partial charge in [0.05, 0.1) is 6.54 Å². The number of ether oxygens (including phenoxy) is 1. The Balaban J connectivity index is 1.56. The summed E-state index contributed by atoms with van der Waals surface area (Å²) in [7, 11) is 1.75. The molecule has 0 saturated heterocycles. The van der Waals surface area contributed by atoms with Crippen molar-refractivity contribution in [3.05, 3.63) is 82.3 Å². The summed E-state index contributed by atoms with van der Waals surface area (Å²) in [4.78, 5) is 15.1. The molecule has 0 radical (unpaired) electrons. The van der Waals surface area contributed by atoms with Gasteiger partial charge >= 0.3 is 6.03 Å². The van der Waals surface area contributed by atoms with Crippen molar-refractivity contribution >= 4 is 23.1 Å². The number of benzene rings is 2. The summed E-state index contributed by atoms with van der Waals surface area (Å²) < 4.78 is 18.6. The number of urea groups is 1. The average Bonchev–Trinajstić information content (AvgIpc) is 3.14. The van der Waals surface area contributed by atoms with E-state index in [-0.39, 0.29) is 11.8 Å². The number of thiophene rings is 1. The Morgan fingerprint density at radius 1 is 1.15 bits per heavy atom. The van der Waals surface area contributed by atoms with E-state index in [2.05, 4.69) is 5.32 Å². The van der Waals surface area contributed by atoms with Gasteiger partial charge in [0.1, 0.15) is 18.2 Å². The molecule has 0 aliphatic heterocycles. The van der Waals surface area contributed by atoms with Gasteiger partial charge in [-0.05, 0) is 41.3 Å². The molecule has 1 heterocycles. The molecule has 0 atom stereocenters. The van der Waals surface area contributed by atoms with Crippen LogP contribution < -0.4 is 10.1 Å². The largest absolute Gasteiger partial charge is 0.489 e. The Morgan fingerprint density at radius 3 is 2.69 bits per heavy atom. The molecule has 134 valence electrons. The summed E-state index contributed by atoms with van der Waals surface area (Å²) in [6.45, 7) is 0.889. The lowest BCUT2D eigenvalue weighted by molar-refractivity contribution is 0.221. The van der Waals surface area contributed by atoms with Crippen LogP contribution in [0.2, 0.25) is 0 Å². The number of anilines is 1. The predicted octanol–water partition coefficient (Wildman–Crippen LogP) is 5.13. The molecular formula is C20H19FN2O2S. The van der Waals surface area contributed by atoms with Crippen LogP contribution in [0.1, 0.15) is 10.4 Å². The lowest BCUT2D eigenvalue weighted by atomic mass is 10.2. The standard InChI is InChI=1S/C20H19FN2O2S/c1-23(13-19-6-3-11-26-19)20(24)22-17-4-2-5-18(12-17)25-14-15-7-9-16(21)10-8-15/h2-12H,13-14H2,1H3,(H,22,24). The third-order valence-corrected chi connectivity index (χ3v) is 4.59. The SMILES string of the molecule is CN(Cc1cccs1)C(=O)Nc1cccc(OCc2ccc(F)cc2)c1. The number of carbonyl (C=O) groups is 1. The molecule has 2 amide bonds. The number of rotatable bonds is 6. The van der Waals surface area contributed by atoms with Gasteiger partial charge in [-0.2, -0.15) is 0 Å². The summed E-state index contributed by atoms with van der Waals surface area (Å²) in [6.07, 6.45) is 0. The highest BCUT2D eigenvalue weighted by Crippen LogP contribution is 2.19. The second-order valence-electron chi connectivity index (χ2n) is 5.81. The maximum absolute atomic E-state index is 12.9. The van der Waals surface area contributed by atoms with Crippen molar-refractivity contribution < 1.29 is 13.9 Å². The molecule has 3 aromatic rings. The van der Waals surface area contributed by atoms with Crippen LogP contribution in [0.25, 0.3) is 0 Å². The molecule has 0 bridgehead atoms. The third kappa shape index (κ3) is 5.07. The van der Waals surface area contributed by atoms with Crippen LogP contribution in [-0.2, 0) is 13.2 Å². The molecule has 0 aliphatic rings. The van der Waals surface area contributed by atoms with Gasteiger partial charge in [-0.3, -0.25) is 0 Å². The summed E-state index contributed by atoms with van der Waals surface area (Å²) in [5.41, 5.74) is 1.53. The van der Waals surface area contributed by atoms with Gasteiger partial charge in [-0.15, -0.1) is 11.3 Å². The zero-order valence-electron chi connectivity index (χ0n) is 14.3. The minimum atomic E-state index is -0.273. The molecule has 2 aromatic carbocycles. The number of carbonyl (C=O) groups excluding carboxylic acids is 1. The fourth-order valence-electron chi connectivity index (χ4n) is 2.34. The van der Waals surface area contributed by atoms with Crippen molar-refractivity contribution in [1.29, 1.82) is 0 Å².